The number of halogens is 1. The number of nitrogens with two attached hydrogens (primary N) is 1. The van der Waals surface area contributed by atoms with Crippen LogP contribution in [-0.4, -0.2) is 5.11 Å². The predicted octanol–water partition coefficient (Wildman–Crippen LogP) is 3.38. The standard InChI is InChI=1S/C13H15NO.ClH/c1-2-12(14)10-7-8-13(15)11-6-4-3-5-9(10)11;/h3-8,12,15H,2,14H2,1H3;1H/t12-;/m1./s1. The van der Waals surface area contributed by atoms with Crippen molar-refractivity contribution in [2.24, 2.45) is 5.73 Å². The topological polar surface area (TPSA) is 46.2 Å². The fourth-order valence-electron chi connectivity index (χ4n) is 1.85. The van der Waals surface area contributed by atoms with Crippen molar-refractivity contribution in [3.8, 4) is 5.75 Å². The van der Waals surface area contributed by atoms with Crippen molar-refractivity contribution < 1.29 is 5.11 Å². The number of hydrogen-bond donors (Lipinski definition) is 2. The molecule has 2 nitrogen and oxygen atoms in total. The lowest BCUT2D eigenvalue weighted by Crippen LogP contribution is -2.08. The third-order valence-electron chi connectivity index (χ3n) is 2.77. The van der Waals surface area contributed by atoms with Crippen molar-refractivity contribution in [3.05, 3.63) is 42.0 Å². The Morgan fingerprint density at radius 1 is 1.12 bits per heavy atom. The third kappa shape index (κ3) is 2.13. The zero-order chi connectivity index (χ0) is 10.8. The maximum absolute atomic E-state index is 9.71. The molecule has 0 aliphatic heterocycles. The Bertz CT molecular complexity index is 484. The average Bonchev–Trinajstić information content (AvgIpc) is 2.29. The first-order valence-corrected chi connectivity index (χ1v) is 5.20. The lowest BCUT2D eigenvalue weighted by Gasteiger charge is -2.13. The van der Waals surface area contributed by atoms with E-state index in [1.54, 1.807) is 6.07 Å². The van der Waals surface area contributed by atoms with Gasteiger partial charge in [-0.2, -0.15) is 0 Å². The maximum Gasteiger partial charge on any atom is 0.123 e. The third-order valence-corrected chi connectivity index (χ3v) is 2.77. The molecule has 0 spiro atoms. The maximum atomic E-state index is 9.71. The fraction of sp³-hybridized carbons (Fsp3) is 0.231. The molecule has 0 aliphatic rings. The van der Waals surface area contributed by atoms with Crippen LogP contribution in [0.5, 0.6) is 5.75 Å². The zero-order valence-electron chi connectivity index (χ0n) is 9.18. The van der Waals surface area contributed by atoms with Crippen molar-refractivity contribution in [1.29, 1.82) is 0 Å². The molecule has 0 heterocycles. The fourth-order valence-corrected chi connectivity index (χ4v) is 1.85. The van der Waals surface area contributed by atoms with Gasteiger partial charge in [-0.05, 0) is 23.4 Å². The summed E-state index contributed by atoms with van der Waals surface area (Å²) in [6.45, 7) is 2.06. The van der Waals surface area contributed by atoms with Crippen LogP contribution in [0.1, 0.15) is 24.9 Å². The number of aromatic hydroxyl groups is 1. The van der Waals surface area contributed by atoms with Gasteiger partial charge in [0.05, 0.1) is 0 Å². The van der Waals surface area contributed by atoms with Gasteiger partial charge in [-0.3, -0.25) is 0 Å². The molecule has 0 amide bonds. The van der Waals surface area contributed by atoms with Crippen LogP contribution in [0.15, 0.2) is 36.4 Å². The molecule has 86 valence electrons. The summed E-state index contributed by atoms with van der Waals surface area (Å²) in [4.78, 5) is 0. The first-order valence-electron chi connectivity index (χ1n) is 5.20. The molecule has 0 fully saturated rings. The second-order valence-corrected chi connectivity index (χ2v) is 3.73. The van der Waals surface area contributed by atoms with Crippen LogP contribution < -0.4 is 5.73 Å². The summed E-state index contributed by atoms with van der Waals surface area (Å²) < 4.78 is 0. The van der Waals surface area contributed by atoms with Crippen molar-refractivity contribution in [2.75, 3.05) is 0 Å². The molecule has 16 heavy (non-hydrogen) atoms. The van der Waals surface area contributed by atoms with E-state index in [1.165, 1.54) is 0 Å². The number of phenols is 1. The molecule has 3 N–H and O–H groups in total. The van der Waals surface area contributed by atoms with Crippen LogP contribution in [0.3, 0.4) is 0 Å². The van der Waals surface area contributed by atoms with Crippen LogP contribution in [0, 0.1) is 0 Å². The molecule has 2 aromatic carbocycles. The predicted molar refractivity (Wildman–Crippen MR) is 70.1 cm³/mol. The SMILES string of the molecule is CC[C@@H](N)c1ccc(O)c2ccccc12.Cl. The molecule has 0 unspecified atom stereocenters. The van der Waals surface area contributed by atoms with E-state index in [1.807, 2.05) is 30.3 Å². The van der Waals surface area contributed by atoms with E-state index in [9.17, 15) is 5.11 Å². The van der Waals surface area contributed by atoms with Crippen LogP contribution in [0.25, 0.3) is 10.8 Å². The highest BCUT2D eigenvalue weighted by Crippen LogP contribution is 2.30. The van der Waals surface area contributed by atoms with Gasteiger partial charge in [0.15, 0.2) is 0 Å². The summed E-state index contributed by atoms with van der Waals surface area (Å²) in [7, 11) is 0. The minimum atomic E-state index is 0. The minimum Gasteiger partial charge on any atom is -0.507 e. The van der Waals surface area contributed by atoms with Gasteiger partial charge in [0.25, 0.3) is 0 Å². The smallest absolute Gasteiger partial charge is 0.123 e. The molecule has 0 aromatic heterocycles. The molecule has 1 atom stereocenters. The van der Waals surface area contributed by atoms with E-state index in [4.69, 9.17) is 5.73 Å². The summed E-state index contributed by atoms with van der Waals surface area (Å²) >= 11 is 0. The Morgan fingerprint density at radius 2 is 1.75 bits per heavy atom. The Kier molecular flexibility index (Phi) is 4.16. The first kappa shape index (κ1) is 12.8. The van der Waals surface area contributed by atoms with Gasteiger partial charge in [0, 0.05) is 11.4 Å². The molecule has 3 heteroatoms. The van der Waals surface area contributed by atoms with Crippen molar-refractivity contribution >= 4 is 23.2 Å². The molecule has 0 radical (unpaired) electrons. The Hall–Kier alpha value is -1.25. The van der Waals surface area contributed by atoms with Crippen LogP contribution in [0.2, 0.25) is 0 Å². The number of hydrogen-bond acceptors (Lipinski definition) is 2. The van der Waals surface area contributed by atoms with Crippen molar-refractivity contribution in [2.45, 2.75) is 19.4 Å². The highest BCUT2D eigenvalue weighted by molar-refractivity contribution is 5.91. The monoisotopic (exact) mass is 237 g/mol. The van der Waals surface area contributed by atoms with Gasteiger partial charge >= 0.3 is 0 Å². The second-order valence-electron chi connectivity index (χ2n) is 3.73. The van der Waals surface area contributed by atoms with Crippen molar-refractivity contribution in [1.82, 2.24) is 0 Å². The summed E-state index contributed by atoms with van der Waals surface area (Å²) in [5, 5.41) is 11.6. The van der Waals surface area contributed by atoms with Gasteiger partial charge in [-0.1, -0.05) is 37.3 Å². The van der Waals surface area contributed by atoms with Crippen LogP contribution in [-0.2, 0) is 0 Å². The van der Waals surface area contributed by atoms with E-state index in [0.717, 1.165) is 22.8 Å². The van der Waals surface area contributed by atoms with Gasteiger partial charge in [-0.15, -0.1) is 12.4 Å². The van der Waals surface area contributed by atoms with E-state index in [-0.39, 0.29) is 18.4 Å². The summed E-state index contributed by atoms with van der Waals surface area (Å²) in [5.41, 5.74) is 7.13. The second kappa shape index (κ2) is 5.19. The highest BCUT2D eigenvalue weighted by Gasteiger charge is 2.09. The van der Waals surface area contributed by atoms with Crippen LogP contribution in [0.4, 0.5) is 0 Å². The van der Waals surface area contributed by atoms with Crippen LogP contribution >= 0.6 is 12.4 Å². The Labute approximate surface area is 101 Å². The summed E-state index contributed by atoms with van der Waals surface area (Å²) in [6.07, 6.45) is 0.898. The Balaban J connectivity index is 0.00000128. The lowest BCUT2D eigenvalue weighted by molar-refractivity contribution is 0.481. The zero-order valence-corrected chi connectivity index (χ0v) is 10.00. The van der Waals surface area contributed by atoms with Crippen molar-refractivity contribution in [3.63, 3.8) is 0 Å². The van der Waals surface area contributed by atoms with Gasteiger partial charge < -0.3 is 10.8 Å². The number of rotatable bonds is 2. The molecule has 0 aliphatic carbocycles. The first-order chi connectivity index (χ1) is 7.24. The van der Waals surface area contributed by atoms with E-state index in [2.05, 4.69) is 6.92 Å². The lowest BCUT2D eigenvalue weighted by atomic mass is 9.97. The molecule has 2 rings (SSSR count). The molecular formula is C13H16ClNO. The van der Waals surface area contributed by atoms with Gasteiger partial charge in [-0.25, -0.2) is 0 Å². The summed E-state index contributed by atoms with van der Waals surface area (Å²) in [5.74, 6) is 0.317. The average molecular weight is 238 g/mol. The molecule has 0 saturated carbocycles. The largest absolute Gasteiger partial charge is 0.507 e. The van der Waals surface area contributed by atoms with Gasteiger partial charge in [0.1, 0.15) is 5.75 Å². The summed E-state index contributed by atoms with van der Waals surface area (Å²) in [6, 6.07) is 11.5. The normalized spacial score (nSPS) is 12.1. The van der Waals surface area contributed by atoms with Gasteiger partial charge in [0.2, 0.25) is 0 Å². The Morgan fingerprint density at radius 3 is 2.38 bits per heavy atom. The molecule has 2 aromatic rings. The minimum absolute atomic E-state index is 0. The highest BCUT2D eigenvalue weighted by atomic mass is 35.5. The number of fused-ring (bicyclic) bond motifs is 1. The molecular weight excluding hydrogens is 222 g/mol. The molecule has 0 saturated heterocycles. The molecule has 0 bridgehead atoms. The number of phenolic OH excluding ortho intramolecular Hbond substituents is 1. The van der Waals surface area contributed by atoms with E-state index >= 15 is 0 Å². The van der Waals surface area contributed by atoms with E-state index in [0.29, 0.717) is 5.75 Å². The quantitative estimate of drug-likeness (QED) is 0.841. The number of benzene rings is 2. The van der Waals surface area contributed by atoms with E-state index < -0.39 is 0 Å².